The van der Waals surface area contributed by atoms with Crippen LogP contribution in [0.5, 0.6) is 0 Å². The summed E-state index contributed by atoms with van der Waals surface area (Å²) in [6.45, 7) is -1.68. The number of carbonyl (C=O) groups excluding carboxylic acids is 1. The van der Waals surface area contributed by atoms with Gasteiger partial charge < -0.3 is 9.29 Å². The van der Waals surface area contributed by atoms with E-state index in [9.17, 15) is 26.5 Å². The van der Waals surface area contributed by atoms with E-state index < -0.39 is 33.9 Å². The van der Waals surface area contributed by atoms with E-state index in [2.05, 4.69) is 4.74 Å². The summed E-state index contributed by atoms with van der Waals surface area (Å²) < 4.78 is 61.7. The molecule has 0 atom stereocenters. The van der Waals surface area contributed by atoms with Crippen molar-refractivity contribution in [1.82, 2.24) is 0 Å². The molecule has 0 aliphatic heterocycles. The largest absolute Gasteiger partial charge is 0.743 e. The summed E-state index contributed by atoms with van der Waals surface area (Å²) >= 11 is 0. The maximum Gasteiger partial charge on any atom is 0.367 e. The molecule has 4 saturated carbocycles. The molecule has 0 radical (unpaired) electrons. The molecule has 8 heteroatoms. The molecule has 4 bridgehead atoms. The molecule has 0 N–H and O–H groups in total. The minimum Gasteiger partial charge on any atom is -0.743 e. The summed E-state index contributed by atoms with van der Waals surface area (Å²) in [4.78, 5) is 12.1. The normalized spacial score (nSPS) is 38.5. The van der Waals surface area contributed by atoms with Gasteiger partial charge in [0.2, 0.25) is 0 Å². The predicted octanol–water partition coefficient (Wildman–Crippen LogP) is 1.74. The first-order valence-corrected chi connectivity index (χ1v) is 8.58. The Morgan fingerprint density at radius 2 is 1.57 bits per heavy atom. The molecule has 0 aromatic rings. The van der Waals surface area contributed by atoms with Crippen molar-refractivity contribution in [1.29, 1.82) is 0 Å². The van der Waals surface area contributed by atoms with Crippen molar-refractivity contribution < 1.29 is 31.3 Å². The molecule has 0 unspecified atom stereocenters. The van der Waals surface area contributed by atoms with Crippen LogP contribution in [0.15, 0.2) is 0 Å². The maximum absolute atomic E-state index is 13.0. The number of hydrogen-bond acceptors (Lipinski definition) is 5. The van der Waals surface area contributed by atoms with Gasteiger partial charge in [-0.2, -0.15) is 8.78 Å². The maximum atomic E-state index is 13.0. The van der Waals surface area contributed by atoms with E-state index in [4.69, 9.17) is 0 Å². The van der Waals surface area contributed by atoms with Crippen LogP contribution in [0.25, 0.3) is 0 Å². The fraction of sp³-hybridized carbons (Fsp3) is 0.923. The summed E-state index contributed by atoms with van der Waals surface area (Å²) in [6, 6.07) is 0. The minimum absolute atomic E-state index is 0.159. The highest BCUT2D eigenvalue weighted by Crippen LogP contribution is 2.56. The standard InChI is InChI=1S/C13H18F2O5S/c14-13(15,21(17,18)19)6-20-12(16)11-9-2-7-1-8(4-9)5-10(11)3-7/h7-11H,1-6H2,(H,17,18,19)/p-1. The second kappa shape index (κ2) is 4.87. The highest BCUT2D eigenvalue weighted by molar-refractivity contribution is 7.86. The third kappa shape index (κ3) is 2.67. The molecule has 4 aliphatic rings. The van der Waals surface area contributed by atoms with Gasteiger partial charge in [-0.1, -0.05) is 0 Å². The van der Waals surface area contributed by atoms with Crippen LogP contribution in [0.2, 0.25) is 0 Å². The van der Waals surface area contributed by atoms with E-state index in [1.165, 1.54) is 6.42 Å². The Labute approximate surface area is 121 Å². The Kier molecular flexibility index (Phi) is 3.52. The van der Waals surface area contributed by atoms with Gasteiger partial charge in [-0.15, -0.1) is 0 Å². The second-order valence-electron chi connectivity index (χ2n) is 6.66. The van der Waals surface area contributed by atoms with Gasteiger partial charge in [-0.3, -0.25) is 4.79 Å². The Morgan fingerprint density at radius 1 is 1.10 bits per heavy atom. The molecule has 5 nitrogen and oxygen atoms in total. The summed E-state index contributed by atoms with van der Waals surface area (Å²) in [6.07, 6.45) is 4.87. The SMILES string of the molecule is O=C(OCC(F)(F)S(=O)(=O)[O-])C1C2CC3CC(C2)CC1C3. The summed E-state index contributed by atoms with van der Waals surface area (Å²) in [5, 5.41) is -4.56. The van der Waals surface area contributed by atoms with E-state index in [1.54, 1.807) is 0 Å². The molecule has 21 heavy (non-hydrogen) atoms. The van der Waals surface area contributed by atoms with Crippen LogP contribution in [0.3, 0.4) is 0 Å². The molecule has 0 spiro atoms. The molecule has 0 heterocycles. The molecule has 0 saturated heterocycles. The van der Waals surface area contributed by atoms with Crippen molar-refractivity contribution >= 4 is 16.1 Å². The first kappa shape index (κ1) is 15.1. The number of ether oxygens (including phenoxy) is 1. The Hall–Kier alpha value is -0.760. The fourth-order valence-corrected chi connectivity index (χ4v) is 4.84. The number of rotatable bonds is 4. The minimum atomic E-state index is -5.81. The van der Waals surface area contributed by atoms with Crippen molar-refractivity contribution in [3.8, 4) is 0 Å². The predicted molar refractivity (Wildman–Crippen MR) is 66.1 cm³/mol. The number of alkyl halides is 2. The zero-order valence-electron chi connectivity index (χ0n) is 11.3. The highest BCUT2D eigenvalue weighted by atomic mass is 32.2. The first-order valence-electron chi connectivity index (χ1n) is 7.17. The smallest absolute Gasteiger partial charge is 0.367 e. The van der Waals surface area contributed by atoms with E-state index in [0.717, 1.165) is 25.7 Å². The van der Waals surface area contributed by atoms with Crippen molar-refractivity contribution in [3.05, 3.63) is 0 Å². The summed E-state index contributed by atoms with van der Waals surface area (Å²) in [5.74, 6) is 0.382. The van der Waals surface area contributed by atoms with Crippen LogP contribution in [0, 0.1) is 29.6 Å². The van der Waals surface area contributed by atoms with Crippen LogP contribution in [-0.2, 0) is 19.6 Å². The van der Waals surface area contributed by atoms with Gasteiger partial charge in [0.05, 0.1) is 5.92 Å². The van der Waals surface area contributed by atoms with E-state index in [0.29, 0.717) is 11.8 Å². The quantitative estimate of drug-likeness (QED) is 0.581. The Bertz CT molecular complexity index is 517. The van der Waals surface area contributed by atoms with E-state index in [1.807, 2.05) is 0 Å². The molecule has 4 rings (SSSR count). The lowest BCUT2D eigenvalue weighted by molar-refractivity contribution is -0.168. The van der Waals surface area contributed by atoms with Gasteiger partial charge in [-0.05, 0) is 55.8 Å². The van der Waals surface area contributed by atoms with Crippen LogP contribution in [0.1, 0.15) is 32.1 Å². The molecule has 0 amide bonds. The van der Waals surface area contributed by atoms with Gasteiger partial charge in [0, 0.05) is 0 Å². The number of esters is 1. The number of carbonyl (C=O) groups is 1. The third-order valence-corrected chi connectivity index (χ3v) is 6.10. The zero-order valence-corrected chi connectivity index (χ0v) is 12.2. The Morgan fingerprint density at radius 3 is 2.00 bits per heavy atom. The lowest BCUT2D eigenvalue weighted by Crippen LogP contribution is -2.49. The van der Waals surface area contributed by atoms with Gasteiger partial charge in [-0.25, -0.2) is 8.42 Å². The van der Waals surface area contributed by atoms with Crippen LogP contribution in [-0.4, -0.2) is 30.8 Å². The van der Waals surface area contributed by atoms with Crippen molar-refractivity contribution in [2.24, 2.45) is 29.6 Å². The number of hydrogen-bond donors (Lipinski definition) is 0. The molecular formula is C13H17F2O5S-. The van der Waals surface area contributed by atoms with Crippen molar-refractivity contribution in [2.45, 2.75) is 37.4 Å². The van der Waals surface area contributed by atoms with Crippen molar-refractivity contribution in [3.63, 3.8) is 0 Å². The fourth-order valence-electron chi connectivity index (χ4n) is 4.63. The van der Waals surface area contributed by atoms with Gasteiger partial charge in [0.25, 0.3) is 0 Å². The van der Waals surface area contributed by atoms with Gasteiger partial charge in [0.1, 0.15) is 0 Å². The second-order valence-corrected chi connectivity index (χ2v) is 8.16. The monoisotopic (exact) mass is 323 g/mol. The highest BCUT2D eigenvalue weighted by Gasteiger charge is 2.52. The average molecular weight is 323 g/mol. The molecule has 4 fully saturated rings. The summed E-state index contributed by atoms with van der Waals surface area (Å²) in [7, 11) is -5.81. The molecule has 120 valence electrons. The van der Waals surface area contributed by atoms with Crippen LogP contribution >= 0.6 is 0 Å². The van der Waals surface area contributed by atoms with Crippen molar-refractivity contribution in [2.75, 3.05) is 6.61 Å². The van der Waals surface area contributed by atoms with Crippen LogP contribution < -0.4 is 0 Å². The lowest BCUT2D eigenvalue weighted by atomic mass is 9.52. The third-order valence-electron chi connectivity index (χ3n) is 5.25. The molecule has 4 aliphatic carbocycles. The zero-order chi connectivity index (χ0) is 15.4. The number of halogens is 2. The van der Waals surface area contributed by atoms with E-state index in [-0.39, 0.29) is 11.8 Å². The average Bonchev–Trinajstić information content (AvgIpc) is 2.33. The van der Waals surface area contributed by atoms with Gasteiger partial charge in [0.15, 0.2) is 16.7 Å². The summed E-state index contributed by atoms with van der Waals surface area (Å²) in [5.41, 5.74) is 0. The van der Waals surface area contributed by atoms with Gasteiger partial charge >= 0.3 is 11.2 Å². The van der Waals surface area contributed by atoms with E-state index >= 15 is 0 Å². The molecule has 0 aromatic carbocycles. The lowest BCUT2D eigenvalue weighted by Gasteiger charge is -2.53. The molecular weight excluding hydrogens is 306 g/mol. The molecule has 0 aromatic heterocycles. The first-order chi connectivity index (χ1) is 9.67. The van der Waals surface area contributed by atoms with Crippen LogP contribution in [0.4, 0.5) is 8.78 Å². The topological polar surface area (TPSA) is 83.5 Å². The Balaban J connectivity index is 1.64.